The van der Waals surface area contributed by atoms with E-state index >= 15 is 0 Å². The van der Waals surface area contributed by atoms with E-state index in [1.165, 1.54) is 4.90 Å². The molecule has 0 saturated heterocycles. The van der Waals surface area contributed by atoms with Crippen LogP contribution >= 0.6 is 0 Å². The maximum absolute atomic E-state index is 12.4. The molecule has 2 heterocycles. The Labute approximate surface area is 149 Å². The predicted molar refractivity (Wildman–Crippen MR) is 91.8 cm³/mol. The van der Waals surface area contributed by atoms with Crippen molar-refractivity contribution in [2.75, 3.05) is 13.7 Å². The molecule has 0 fully saturated rings. The predicted octanol–water partition coefficient (Wildman–Crippen LogP) is 2.58. The third-order valence-electron chi connectivity index (χ3n) is 4.22. The third-order valence-corrected chi connectivity index (χ3v) is 4.22. The molecule has 4 rings (SSSR count). The molecule has 130 valence electrons. The van der Waals surface area contributed by atoms with Crippen LogP contribution in [0.15, 0.2) is 53.1 Å². The van der Waals surface area contributed by atoms with Gasteiger partial charge in [0, 0.05) is 18.5 Å². The van der Waals surface area contributed by atoms with Gasteiger partial charge in [-0.3, -0.25) is 14.5 Å². The summed E-state index contributed by atoms with van der Waals surface area (Å²) in [6.07, 6.45) is 0.294. The van der Waals surface area contributed by atoms with Crippen molar-refractivity contribution >= 4 is 11.8 Å². The van der Waals surface area contributed by atoms with Crippen molar-refractivity contribution in [2.24, 2.45) is 0 Å². The molecule has 2 aromatic carbocycles. The molecule has 0 unspecified atom stereocenters. The number of aromatic nitrogens is 2. The SMILES string of the molecule is COc1cccc(-c2noc(CCN3C(=O)c4ccccc4C3=O)n2)c1. The second-order valence-corrected chi connectivity index (χ2v) is 5.80. The van der Waals surface area contributed by atoms with Gasteiger partial charge in [0.25, 0.3) is 11.8 Å². The van der Waals surface area contributed by atoms with Gasteiger partial charge in [-0.1, -0.05) is 29.4 Å². The van der Waals surface area contributed by atoms with Gasteiger partial charge in [0.2, 0.25) is 11.7 Å². The van der Waals surface area contributed by atoms with Crippen molar-refractivity contribution in [1.82, 2.24) is 15.0 Å². The molecule has 1 aliphatic rings. The van der Waals surface area contributed by atoms with Gasteiger partial charge in [-0.05, 0) is 24.3 Å². The monoisotopic (exact) mass is 349 g/mol. The number of imide groups is 1. The fourth-order valence-electron chi connectivity index (χ4n) is 2.89. The smallest absolute Gasteiger partial charge is 0.261 e. The minimum Gasteiger partial charge on any atom is -0.497 e. The molecule has 26 heavy (non-hydrogen) atoms. The summed E-state index contributed by atoms with van der Waals surface area (Å²) in [6.45, 7) is 0.187. The molecular formula is C19H15N3O4. The van der Waals surface area contributed by atoms with Crippen molar-refractivity contribution in [2.45, 2.75) is 6.42 Å². The van der Waals surface area contributed by atoms with Crippen LogP contribution in [0.3, 0.4) is 0 Å². The third kappa shape index (κ3) is 2.73. The molecule has 0 bridgehead atoms. The summed E-state index contributed by atoms with van der Waals surface area (Å²) in [7, 11) is 1.59. The number of nitrogens with zero attached hydrogens (tertiary/aromatic N) is 3. The summed E-state index contributed by atoms with van der Waals surface area (Å²) in [5, 5.41) is 3.95. The molecule has 7 heteroatoms. The van der Waals surface area contributed by atoms with Gasteiger partial charge in [-0.25, -0.2) is 0 Å². The zero-order valence-corrected chi connectivity index (χ0v) is 14.0. The van der Waals surface area contributed by atoms with Crippen molar-refractivity contribution in [3.63, 3.8) is 0 Å². The summed E-state index contributed by atoms with van der Waals surface area (Å²) < 4.78 is 10.4. The lowest BCUT2D eigenvalue weighted by Gasteiger charge is -2.11. The van der Waals surface area contributed by atoms with Gasteiger partial charge < -0.3 is 9.26 Å². The average Bonchev–Trinajstić information content (AvgIpc) is 3.25. The van der Waals surface area contributed by atoms with Gasteiger partial charge in [-0.15, -0.1) is 0 Å². The number of rotatable bonds is 5. The lowest BCUT2D eigenvalue weighted by Crippen LogP contribution is -2.31. The number of hydrogen-bond acceptors (Lipinski definition) is 6. The minimum absolute atomic E-state index is 0.187. The Morgan fingerprint density at radius 3 is 2.46 bits per heavy atom. The normalized spacial score (nSPS) is 13.2. The Balaban J connectivity index is 1.47. The fraction of sp³-hybridized carbons (Fsp3) is 0.158. The second kappa shape index (κ2) is 6.44. The molecule has 3 aromatic rings. The number of methoxy groups -OCH3 is 1. The van der Waals surface area contributed by atoms with Crippen LogP contribution in [0.4, 0.5) is 0 Å². The Kier molecular flexibility index (Phi) is 3.96. The molecule has 1 aliphatic heterocycles. The molecule has 0 atom stereocenters. The van der Waals surface area contributed by atoms with E-state index in [1.807, 2.05) is 18.2 Å². The van der Waals surface area contributed by atoms with Crippen LogP contribution < -0.4 is 4.74 Å². The number of amides is 2. The lowest BCUT2D eigenvalue weighted by molar-refractivity contribution is 0.0653. The highest BCUT2D eigenvalue weighted by atomic mass is 16.5. The first kappa shape index (κ1) is 16.0. The quantitative estimate of drug-likeness (QED) is 0.658. The maximum atomic E-state index is 12.4. The average molecular weight is 349 g/mol. The first-order chi connectivity index (χ1) is 12.7. The molecule has 1 aromatic heterocycles. The topological polar surface area (TPSA) is 85.5 Å². The largest absolute Gasteiger partial charge is 0.497 e. The highest BCUT2D eigenvalue weighted by Crippen LogP contribution is 2.24. The Hall–Kier alpha value is -3.48. The Morgan fingerprint density at radius 2 is 1.77 bits per heavy atom. The highest BCUT2D eigenvalue weighted by Gasteiger charge is 2.34. The number of carbonyl (C=O) groups excluding carboxylic acids is 2. The first-order valence-corrected chi connectivity index (χ1v) is 8.09. The number of benzene rings is 2. The highest BCUT2D eigenvalue weighted by molar-refractivity contribution is 6.21. The summed E-state index contributed by atoms with van der Waals surface area (Å²) >= 11 is 0. The van der Waals surface area contributed by atoms with Crippen LogP contribution in [-0.2, 0) is 6.42 Å². The molecule has 0 saturated carbocycles. The number of fused-ring (bicyclic) bond motifs is 1. The Bertz CT molecular complexity index is 961. The standard InChI is InChI=1S/C19H15N3O4/c1-25-13-6-4-5-12(11-13)17-20-16(26-21-17)9-10-22-18(23)14-7-2-3-8-15(14)19(22)24/h2-8,11H,9-10H2,1H3. The number of carbonyl (C=O) groups is 2. The summed E-state index contributed by atoms with van der Waals surface area (Å²) in [5.74, 6) is 0.900. The zero-order chi connectivity index (χ0) is 18.1. The molecule has 0 spiro atoms. The molecule has 0 radical (unpaired) electrons. The van der Waals surface area contributed by atoms with E-state index in [4.69, 9.17) is 9.26 Å². The molecule has 0 aliphatic carbocycles. The summed E-state index contributed by atoms with van der Waals surface area (Å²) in [6, 6.07) is 14.1. The van der Waals surface area contributed by atoms with E-state index in [9.17, 15) is 9.59 Å². The van der Waals surface area contributed by atoms with Gasteiger partial charge in [0.05, 0.1) is 18.2 Å². The van der Waals surface area contributed by atoms with E-state index in [-0.39, 0.29) is 18.4 Å². The van der Waals surface area contributed by atoms with Crippen molar-refractivity contribution < 1.29 is 18.8 Å². The van der Waals surface area contributed by atoms with E-state index in [0.717, 1.165) is 5.56 Å². The van der Waals surface area contributed by atoms with Crippen LogP contribution in [0.1, 0.15) is 26.6 Å². The van der Waals surface area contributed by atoms with E-state index in [2.05, 4.69) is 10.1 Å². The van der Waals surface area contributed by atoms with Gasteiger partial charge in [0.1, 0.15) is 5.75 Å². The van der Waals surface area contributed by atoms with Crippen LogP contribution in [0.2, 0.25) is 0 Å². The van der Waals surface area contributed by atoms with Gasteiger partial charge in [-0.2, -0.15) is 4.98 Å². The molecule has 7 nitrogen and oxygen atoms in total. The number of ether oxygens (including phenoxy) is 1. The Morgan fingerprint density at radius 1 is 1.04 bits per heavy atom. The second-order valence-electron chi connectivity index (χ2n) is 5.80. The first-order valence-electron chi connectivity index (χ1n) is 8.09. The minimum atomic E-state index is -0.293. The van der Waals surface area contributed by atoms with Crippen LogP contribution in [0, 0.1) is 0 Å². The van der Waals surface area contributed by atoms with Crippen LogP contribution in [-0.4, -0.2) is 40.5 Å². The van der Waals surface area contributed by atoms with Crippen molar-refractivity contribution in [3.05, 3.63) is 65.5 Å². The maximum Gasteiger partial charge on any atom is 0.261 e. The van der Waals surface area contributed by atoms with E-state index < -0.39 is 0 Å². The van der Waals surface area contributed by atoms with E-state index in [1.54, 1.807) is 37.4 Å². The van der Waals surface area contributed by atoms with Crippen LogP contribution in [0.25, 0.3) is 11.4 Å². The molecule has 2 amide bonds. The van der Waals surface area contributed by atoms with Crippen molar-refractivity contribution in [1.29, 1.82) is 0 Å². The van der Waals surface area contributed by atoms with Crippen LogP contribution in [0.5, 0.6) is 5.75 Å². The number of hydrogen-bond donors (Lipinski definition) is 0. The van der Waals surface area contributed by atoms with Crippen molar-refractivity contribution in [3.8, 4) is 17.1 Å². The van der Waals surface area contributed by atoms with E-state index in [0.29, 0.717) is 35.0 Å². The molecule has 0 N–H and O–H groups in total. The van der Waals surface area contributed by atoms with Gasteiger partial charge >= 0.3 is 0 Å². The summed E-state index contributed by atoms with van der Waals surface area (Å²) in [5.41, 5.74) is 1.63. The van der Waals surface area contributed by atoms with Gasteiger partial charge in [0.15, 0.2) is 0 Å². The fourth-order valence-corrected chi connectivity index (χ4v) is 2.89. The molecular weight excluding hydrogens is 334 g/mol. The lowest BCUT2D eigenvalue weighted by atomic mass is 10.1. The zero-order valence-electron chi connectivity index (χ0n) is 14.0. The summed E-state index contributed by atoms with van der Waals surface area (Å²) in [4.78, 5) is 30.2.